The maximum Gasteiger partial charge on any atom is 0.230 e. The number of nitrogens with one attached hydrogen (secondary N) is 2. The summed E-state index contributed by atoms with van der Waals surface area (Å²) in [5, 5.41) is 8.59. The van der Waals surface area contributed by atoms with E-state index in [-0.39, 0.29) is 5.91 Å². The smallest absolute Gasteiger partial charge is 0.230 e. The van der Waals surface area contributed by atoms with Crippen molar-refractivity contribution in [1.29, 1.82) is 0 Å². The summed E-state index contributed by atoms with van der Waals surface area (Å²) < 4.78 is 10.5. The lowest BCUT2D eigenvalue weighted by Gasteiger charge is -2.26. The summed E-state index contributed by atoms with van der Waals surface area (Å²) in [7, 11) is 3.31. The minimum atomic E-state index is -0.445. The van der Waals surface area contributed by atoms with Gasteiger partial charge in [0.05, 0.1) is 19.1 Å². The van der Waals surface area contributed by atoms with Crippen molar-refractivity contribution in [2.75, 3.05) is 33.9 Å². The molecular formula is C19H24N2O3. The second-order valence-electron chi connectivity index (χ2n) is 6.37. The first kappa shape index (κ1) is 16.7. The molecule has 0 aromatic heterocycles. The van der Waals surface area contributed by atoms with E-state index in [4.69, 9.17) is 9.47 Å². The molecule has 3 rings (SSSR count). The standard InChI is InChI=1S/C19H24N2O3/c1-23-13-19(7-8-20-12-19)18(22)21-11-14-3-4-16-10-17(24-2)6-5-15(16)9-14/h3-6,9-10,20H,7-8,11-13H2,1-2H3,(H,21,22). The van der Waals surface area contributed by atoms with E-state index in [9.17, 15) is 4.79 Å². The number of fused-ring (bicyclic) bond motifs is 1. The minimum absolute atomic E-state index is 0.0594. The molecule has 0 spiro atoms. The van der Waals surface area contributed by atoms with E-state index in [1.165, 1.54) is 0 Å². The first-order valence-corrected chi connectivity index (χ1v) is 8.21. The quantitative estimate of drug-likeness (QED) is 0.852. The number of ether oxygens (including phenoxy) is 2. The average Bonchev–Trinajstić information content (AvgIpc) is 3.09. The van der Waals surface area contributed by atoms with Gasteiger partial charge in [0.1, 0.15) is 5.75 Å². The first-order valence-electron chi connectivity index (χ1n) is 8.21. The van der Waals surface area contributed by atoms with Gasteiger partial charge in [0.2, 0.25) is 5.91 Å². The zero-order valence-electron chi connectivity index (χ0n) is 14.2. The SMILES string of the molecule is COCC1(C(=O)NCc2ccc3cc(OC)ccc3c2)CCNC1. The average molecular weight is 328 g/mol. The second kappa shape index (κ2) is 7.20. The monoisotopic (exact) mass is 328 g/mol. The second-order valence-corrected chi connectivity index (χ2v) is 6.37. The Kier molecular flexibility index (Phi) is 5.02. The number of hydrogen-bond acceptors (Lipinski definition) is 4. The molecule has 0 saturated carbocycles. The molecule has 1 saturated heterocycles. The molecule has 24 heavy (non-hydrogen) atoms. The third kappa shape index (κ3) is 3.37. The third-order valence-electron chi connectivity index (χ3n) is 4.71. The summed E-state index contributed by atoms with van der Waals surface area (Å²) in [5.41, 5.74) is 0.637. The molecule has 2 aromatic rings. The Labute approximate surface area is 142 Å². The van der Waals surface area contributed by atoms with Crippen molar-refractivity contribution in [3.8, 4) is 5.75 Å². The molecular weight excluding hydrogens is 304 g/mol. The lowest BCUT2D eigenvalue weighted by atomic mass is 9.87. The van der Waals surface area contributed by atoms with E-state index >= 15 is 0 Å². The van der Waals surface area contributed by atoms with Crippen LogP contribution in [0.2, 0.25) is 0 Å². The summed E-state index contributed by atoms with van der Waals surface area (Å²) >= 11 is 0. The molecule has 0 aliphatic carbocycles. The number of rotatable bonds is 6. The Bertz CT molecular complexity index is 724. The van der Waals surface area contributed by atoms with E-state index in [2.05, 4.69) is 22.8 Å². The highest BCUT2D eigenvalue weighted by Crippen LogP contribution is 2.26. The van der Waals surface area contributed by atoms with Gasteiger partial charge in [-0.25, -0.2) is 0 Å². The van der Waals surface area contributed by atoms with Crippen molar-refractivity contribution in [2.45, 2.75) is 13.0 Å². The summed E-state index contributed by atoms with van der Waals surface area (Å²) in [6, 6.07) is 12.2. The van der Waals surface area contributed by atoms with Gasteiger partial charge in [0.15, 0.2) is 0 Å². The number of carbonyl (C=O) groups excluding carboxylic acids is 1. The van der Waals surface area contributed by atoms with Crippen molar-refractivity contribution in [2.24, 2.45) is 5.41 Å². The lowest BCUT2D eigenvalue weighted by Crippen LogP contribution is -2.45. The Hall–Kier alpha value is -2.11. The molecule has 128 valence electrons. The molecule has 0 bridgehead atoms. The van der Waals surface area contributed by atoms with Crippen LogP contribution < -0.4 is 15.4 Å². The molecule has 1 aliphatic heterocycles. The predicted octanol–water partition coefficient (Wildman–Crippen LogP) is 2.09. The first-order chi connectivity index (χ1) is 11.7. The molecule has 2 aromatic carbocycles. The van der Waals surface area contributed by atoms with Crippen LogP contribution in [-0.2, 0) is 16.1 Å². The highest BCUT2D eigenvalue weighted by atomic mass is 16.5. The van der Waals surface area contributed by atoms with Crippen LogP contribution in [0.3, 0.4) is 0 Å². The van der Waals surface area contributed by atoms with E-state index in [0.29, 0.717) is 19.7 Å². The van der Waals surface area contributed by atoms with Gasteiger partial charge in [-0.3, -0.25) is 4.79 Å². The van der Waals surface area contributed by atoms with Gasteiger partial charge < -0.3 is 20.1 Å². The van der Waals surface area contributed by atoms with Crippen LogP contribution in [0.4, 0.5) is 0 Å². The van der Waals surface area contributed by atoms with E-state index in [1.807, 2.05) is 24.3 Å². The molecule has 0 radical (unpaired) electrons. The Morgan fingerprint density at radius 2 is 2.00 bits per heavy atom. The zero-order chi connectivity index (χ0) is 17.0. The van der Waals surface area contributed by atoms with Crippen LogP contribution in [0.25, 0.3) is 10.8 Å². The lowest BCUT2D eigenvalue weighted by molar-refractivity contribution is -0.133. The number of amides is 1. The zero-order valence-corrected chi connectivity index (χ0v) is 14.2. The van der Waals surface area contributed by atoms with Crippen molar-refractivity contribution in [3.05, 3.63) is 42.0 Å². The van der Waals surface area contributed by atoms with E-state index < -0.39 is 5.41 Å². The highest BCUT2D eigenvalue weighted by Gasteiger charge is 2.41. The van der Waals surface area contributed by atoms with Gasteiger partial charge in [-0.15, -0.1) is 0 Å². The van der Waals surface area contributed by atoms with Gasteiger partial charge in [0.25, 0.3) is 0 Å². The van der Waals surface area contributed by atoms with Gasteiger partial charge in [-0.2, -0.15) is 0 Å². The van der Waals surface area contributed by atoms with Gasteiger partial charge in [-0.05, 0) is 47.5 Å². The van der Waals surface area contributed by atoms with Gasteiger partial charge in [-0.1, -0.05) is 18.2 Å². The van der Waals surface area contributed by atoms with E-state index in [0.717, 1.165) is 35.1 Å². The number of hydrogen-bond donors (Lipinski definition) is 2. The van der Waals surface area contributed by atoms with Crippen LogP contribution >= 0.6 is 0 Å². The Balaban J connectivity index is 1.69. The van der Waals surface area contributed by atoms with Crippen LogP contribution in [0.5, 0.6) is 5.75 Å². The van der Waals surface area contributed by atoms with Crippen LogP contribution in [0.1, 0.15) is 12.0 Å². The molecule has 1 unspecified atom stereocenters. The van der Waals surface area contributed by atoms with Crippen LogP contribution in [-0.4, -0.2) is 39.8 Å². The largest absolute Gasteiger partial charge is 0.497 e. The summed E-state index contributed by atoms with van der Waals surface area (Å²) in [5.74, 6) is 0.906. The highest BCUT2D eigenvalue weighted by molar-refractivity contribution is 5.85. The topological polar surface area (TPSA) is 59.6 Å². The normalized spacial score (nSPS) is 20.2. The van der Waals surface area contributed by atoms with Gasteiger partial charge >= 0.3 is 0 Å². The summed E-state index contributed by atoms with van der Waals surface area (Å²) in [6.07, 6.45) is 0.810. The van der Waals surface area contributed by atoms with Gasteiger partial charge in [0, 0.05) is 20.2 Å². The summed E-state index contributed by atoms with van der Waals surface area (Å²) in [6.45, 7) is 2.49. The third-order valence-corrected chi connectivity index (χ3v) is 4.71. The maximum absolute atomic E-state index is 12.6. The molecule has 1 amide bonds. The Morgan fingerprint density at radius 3 is 2.71 bits per heavy atom. The fourth-order valence-corrected chi connectivity index (χ4v) is 3.28. The summed E-state index contributed by atoms with van der Waals surface area (Å²) in [4.78, 5) is 12.6. The molecule has 5 heteroatoms. The predicted molar refractivity (Wildman–Crippen MR) is 94.1 cm³/mol. The molecule has 1 fully saturated rings. The fourth-order valence-electron chi connectivity index (χ4n) is 3.28. The van der Waals surface area contributed by atoms with Crippen molar-refractivity contribution in [1.82, 2.24) is 10.6 Å². The van der Waals surface area contributed by atoms with Crippen LogP contribution in [0, 0.1) is 5.41 Å². The Morgan fingerprint density at radius 1 is 1.21 bits per heavy atom. The fraction of sp³-hybridized carbons (Fsp3) is 0.421. The van der Waals surface area contributed by atoms with E-state index in [1.54, 1.807) is 14.2 Å². The number of benzene rings is 2. The molecule has 5 nitrogen and oxygen atoms in total. The number of carbonyl (C=O) groups is 1. The van der Waals surface area contributed by atoms with Crippen molar-refractivity contribution in [3.63, 3.8) is 0 Å². The molecule has 1 aliphatic rings. The maximum atomic E-state index is 12.6. The van der Waals surface area contributed by atoms with Crippen molar-refractivity contribution >= 4 is 16.7 Å². The molecule has 2 N–H and O–H groups in total. The minimum Gasteiger partial charge on any atom is -0.497 e. The van der Waals surface area contributed by atoms with Crippen LogP contribution in [0.15, 0.2) is 36.4 Å². The number of methoxy groups -OCH3 is 2. The molecule has 1 heterocycles. The van der Waals surface area contributed by atoms with Crippen molar-refractivity contribution < 1.29 is 14.3 Å². The molecule has 1 atom stereocenters.